The number of carbonyl (C=O) groups is 1. The van der Waals surface area contributed by atoms with Crippen LogP contribution in [0.4, 0.5) is 0 Å². The summed E-state index contributed by atoms with van der Waals surface area (Å²) in [4.78, 5) is 11.5. The maximum absolute atomic E-state index is 11.5. The lowest BCUT2D eigenvalue weighted by Gasteiger charge is -2.08. The number of hydrogen-bond donors (Lipinski definition) is 0. The molecular formula is C12H16O4. The van der Waals surface area contributed by atoms with E-state index in [1.807, 2.05) is 0 Å². The van der Waals surface area contributed by atoms with Crippen LogP contribution in [0.2, 0.25) is 0 Å². The van der Waals surface area contributed by atoms with E-state index in [-0.39, 0.29) is 11.9 Å². The van der Waals surface area contributed by atoms with Gasteiger partial charge in [0.25, 0.3) is 0 Å². The van der Waals surface area contributed by atoms with Gasteiger partial charge in [0, 0.05) is 13.0 Å². The summed E-state index contributed by atoms with van der Waals surface area (Å²) in [6, 6.07) is 3.38. The third-order valence-corrected chi connectivity index (χ3v) is 2.64. The fraction of sp³-hybridized carbons (Fsp3) is 0.583. The number of esters is 1. The number of ether oxygens (including phenoxy) is 2. The normalized spacial score (nSPS) is 19.9. The second-order valence-electron chi connectivity index (χ2n) is 3.97. The molecule has 1 aromatic heterocycles. The highest BCUT2D eigenvalue weighted by Crippen LogP contribution is 2.15. The van der Waals surface area contributed by atoms with Crippen molar-refractivity contribution in [2.75, 3.05) is 13.2 Å². The molecule has 0 bridgehead atoms. The Morgan fingerprint density at radius 3 is 3.06 bits per heavy atom. The summed E-state index contributed by atoms with van der Waals surface area (Å²) in [6.45, 7) is 3.02. The second kappa shape index (κ2) is 5.16. The highest BCUT2D eigenvalue weighted by molar-refractivity contribution is 5.86. The largest absolute Gasteiger partial charge is 0.460 e. The van der Waals surface area contributed by atoms with Crippen LogP contribution in [0, 0.1) is 6.92 Å². The van der Waals surface area contributed by atoms with Gasteiger partial charge in [-0.25, -0.2) is 4.79 Å². The van der Waals surface area contributed by atoms with Crippen molar-refractivity contribution in [3.05, 3.63) is 23.7 Å². The predicted molar refractivity (Wildman–Crippen MR) is 57.3 cm³/mol. The SMILES string of the molecule is Cc1ccc(C(=O)OCC[C@H]2CCCO2)o1. The summed E-state index contributed by atoms with van der Waals surface area (Å²) in [5.41, 5.74) is 0. The van der Waals surface area contributed by atoms with Crippen LogP contribution in [0.5, 0.6) is 0 Å². The quantitative estimate of drug-likeness (QED) is 0.736. The highest BCUT2D eigenvalue weighted by atomic mass is 16.5. The summed E-state index contributed by atoms with van der Waals surface area (Å²) < 4.78 is 15.7. The van der Waals surface area contributed by atoms with Gasteiger partial charge in [0.1, 0.15) is 5.76 Å². The lowest BCUT2D eigenvalue weighted by molar-refractivity contribution is 0.0354. The van der Waals surface area contributed by atoms with Gasteiger partial charge in [-0.05, 0) is 31.9 Å². The predicted octanol–water partition coefficient (Wildman–Crippen LogP) is 2.31. The zero-order chi connectivity index (χ0) is 11.4. The van der Waals surface area contributed by atoms with Crippen LogP contribution in [0.15, 0.2) is 16.5 Å². The Balaban J connectivity index is 1.71. The van der Waals surface area contributed by atoms with Gasteiger partial charge in [-0.2, -0.15) is 0 Å². The van der Waals surface area contributed by atoms with Crippen LogP contribution in [0.25, 0.3) is 0 Å². The molecule has 0 spiro atoms. The topological polar surface area (TPSA) is 48.7 Å². The second-order valence-corrected chi connectivity index (χ2v) is 3.97. The number of aryl methyl sites for hydroxylation is 1. The molecule has 0 radical (unpaired) electrons. The number of furan rings is 1. The molecule has 2 heterocycles. The smallest absolute Gasteiger partial charge is 0.374 e. The Kier molecular flexibility index (Phi) is 3.62. The van der Waals surface area contributed by atoms with Crippen molar-refractivity contribution >= 4 is 5.97 Å². The maximum Gasteiger partial charge on any atom is 0.374 e. The molecule has 1 atom stereocenters. The zero-order valence-corrected chi connectivity index (χ0v) is 9.40. The van der Waals surface area contributed by atoms with Crippen LogP contribution in [-0.2, 0) is 9.47 Å². The molecule has 1 saturated heterocycles. The number of carbonyl (C=O) groups excluding carboxylic acids is 1. The molecule has 0 unspecified atom stereocenters. The summed E-state index contributed by atoms with van der Waals surface area (Å²) in [7, 11) is 0. The standard InChI is InChI=1S/C12H16O4/c1-9-4-5-11(16-9)12(13)15-8-6-10-3-2-7-14-10/h4-5,10H,2-3,6-8H2,1H3/t10-/m1/s1. The van der Waals surface area contributed by atoms with Gasteiger partial charge < -0.3 is 13.9 Å². The molecule has 0 aromatic carbocycles. The van der Waals surface area contributed by atoms with Gasteiger partial charge in [0.2, 0.25) is 5.76 Å². The molecule has 4 heteroatoms. The van der Waals surface area contributed by atoms with Crippen molar-refractivity contribution in [1.29, 1.82) is 0 Å². The molecule has 0 amide bonds. The minimum atomic E-state index is -0.397. The molecule has 2 rings (SSSR count). The molecule has 0 N–H and O–H groups in total. The van der Waals surface area contributed by atoms with Crippen LogP contribution >= 0.6 is 0 Å². The Labute approximate surface area is 94.5 Å². The monoisotopic (exact) mass is 224 g/mol. The lowest BCUT2D eigenvalue weighted by Crippen LogP contribution is -2.12. The van der Waals surface area contributed by atoms with E-state index in [2.05, 4.69) is 0 Å². The van der Waals surface area contributed by atoms with Crippen molar-refractivity contribution in [3.8, 4) is 0 Å². The summed E-state index contributed by atoms with van der Waals surface area (Å²) in [5, 5.41) is 0. The summed E-state index contributed by atoms with van der Waals surface area (Å²) >= 11 is 0. The Morgan fingerprint density at radius 1 is 1.56 bits per heavy atom. The van der Waals surface area contributed by atoms with E-state index in [0.717, 1.165) is 25.9 Å². The van der Waals surface area contributed by atoms with Gasteiger partial charge in [0.15, 0.2) is 0 Å². The first-order chi connectivity index (χ1) is 7.75. The average molecular weight is 224 g/mol. The van der Waals surface area contributed by atoms with Gasteiger partial charge in [0.05, 0.1) is 12.7 Å². The van der Waals surface area contributed by atoms with Crippen molar-refractivity contribution in [2.24, 2.45) is 0 Å². The molecule has 0 saturated carbocycles. The first kappa shape index (κ1) is 11.2. The molecule has 1 fully saturated rings. The summed E-state index contributed by atoms with van der Waals surface area (Å²) in [6.07, 6.45) is 3.20. The fourth-order valence-corrected chi connectivity index (χ4v) is 1.77. The van der Waals surface area contributed by atoms with Crippen LogP contribution in [-0.4, -0.2) is 25.3 Å². The van der Waals surface area contributed by atoms with E-state index in [1.54, 1.807) is 19.1 Å². The third kappa shape index (κ3) is 2.85. The first-order valence-electron chi connectivity index (χ1n) is 5.61. The fourth-order valence-electron chi connectivity index (χ4n) is 1.77. The molecule has 4 nitrogen and oxygen atoms in total. The average Bonchev–Trinajstić information content (AvgIpc) is 2.89. The third-order valence-electron chi connectivity index (χ3n) is 2.64. The van der Waals surface area contributed by atoms with E-state index in [0.29, 0.717) is 12.4 Å². The van der Waals surface area contributed by atoms with Crippen LogP contribution in [0.3, 0.4) is 0 Å². The number of rotatable bonds is 4. The van der Waals surface area contributed by atoms with E-state index in [9.17, 15) is 4.79 Å². The van der Waals surface area contributed by atoms with Crippen molar-refractivity contribution in [2.45, 2.75) is 32.3 Å². The molecule has 1 aliphatic rings. The number of hydrogen-bond acceptors (Lipinski definition) is 4. The van der Waals surface area contributed by atoms with Gasteiger partial charge >= 0.3 is 5.97 Å². The summed E-state index contributed by atoms with van der Waals surface area (Å²) in [5.74, 6) is 0.585. The van der Waals surface area contributed by atoms with E-state index in [1.165, 1.54) is 0 Å². The molecule has 1 aromatic rings. The minimum absolute atomic E-state index is 0.256. The van der Waals surface area contributed by atoms with Crippen molar-refractivity contribution in [3.63, 3.8) is 0 Å². The molecular weight excluding hydrogens is 208 g/mol. The minimum Gasteiger partial charge on any atom is -0.460 e. The Hall–Kier alpha value is -1.29. The van der Waals surface area contributed by atoms with E-state index >= 15 is 0 Å². The van der Waals surface area contributed by atoms with Gasteiger partial charge in [-0.15, -0.1) is 0 Å². The lowest BCUT2D eigenvalue weighted by atomic mass is 10.2. The molecule has 88 valence electrons. The van der Waals surface area contributed by atoms with Gasteiger partial charge in [-0.1, -0.05) is 0 Å². The Bertz CT molecular complexity index is 350. The maximum atomic E-state index is 11.5. The Morgan fingerprint density at radius 2 is 2.44 bits per heavy atom. The van der Waals surface area contributed by atoms with E-state index < -0.39 is 5.97 Å². The van der Waals surface area contributed by atoms with Crippen LogP contribution in [0.1, 0.15) is 35.6 Å². The first-order valence-corrected chi connectivity index (χ1v) is 5.61. The molecule has 16 heavy (non-hydrogen) atoms. The molecule has 1 aliphatic heterocycles. The van der Waals surface area contributed by atoms with Gasteiger partial charge in [-0.3, -0.25) is 0 Å². The van der Waals surface area contributed by atoms with Crippen molar-refractivity contribution in [1.82, 2.24) is 0 Å². The van der Waals surface area contributed by atoms with Crippen molar-refractivity contribution < 1.29 is 18.7 Å². The zero-order valence-electron chi connectivity index (χ0n) is 9.40. The highest BCUT2D eigenvalue weighted by Gasteiger charge is 2.17. The van der Waals surface area contributed by atoms with Crippen LogP contribution < -0.4 is 0 Å². The molecule has 0 aliphatic carbocycles. The van der Waals surface area contributed by atoms with E-state index in [4.69, 9.17) is 13.9 Å².